The molecule has 1 aliphatic rings. The second-order valence-electron chi connectivity index (χ2n) is 9.18. The quantitative estimate of drug-likeness (QED) is 0.521. The van der Waals surface area contributed by atoms with E-state index in [1.807, 2.05) is 39.0 Å². The van der Waals surface area contributed by atoms with Crippen molar-refractivity contribution < 1.29 is 18.0 Å². The number of rotatable bonds is 6. The van der Waals surface area contributed by atoms with E-state index >= 15 is 0 Å². The van der Waals surface area contributed by atoms with Crippen LogP contribution in [0.5, 0.6) is 0 Å². The molecule has 1 aromatic heterocycles. The number of nitrogens with zero attached hydrogens (tertiary/aromatic N) is 3. The van der Waals surface area contributed by atoms with Crippen molar-refractivity contribution >= 4 is 27.5 Å². The molecule has 2 heterocycles. The first-order valence-electron chi connectivity index (χ1n) is 11.6. The van der Waals surface area contributed by atoms with Crippen LogP contribution in [-0.2, 0) is 14.8 Å². The van der Waals surface area contributed by atoms with Gasteiger partial charge in [-0.25, -0.2) is 13.1 Å². The first kappa shape index (κ1) is 24.8. The fourth-order valence-corrected chi connectivity index (χ4v) is 5.99. The lowest BCUT2D eigenvalue weighted by molar-refractivity contribution is -0.120. The molecule has 0 atom stereocenters. The summed E-state index contributed by atoms with van der Waals surface area (Å²) >= 11 is 0. The third-order valence-corrected chi connectivity index (χ3v) is 8.13. The first-order valence-corrected chi connectivity index (χ1v) is 13.1. The standard InChI is InChI=1S/C26H30N4O4S/c1-17-12-18(2)14-23(13-17)30-25(15-19(3)28-30)27-26(32)21-8-10-29(11-9-21)35(33,34)24-7-5-6-22(16-24)20(4)31/h5-7,12-16,21H,8-11H2,1-4H3,(H,27,32). The number of aromatic nitrogens is 2. The van der Waals surface area contributed by atoms with Gasteiger partial charge in [-0.2, -0.15) is 9.40 Å². The fourth-order valence-electron chi connectivity index (χ4n) is 4.47. The molecule has 0 spiro atoms. The number of sulfonamides is 1. The summed E-state index contributed by atoms with van der Waals surface area (Å²) < 4.78 is 29.3. The molecule has 8 nitrogen and oxygen atoms in total. The molecule has 1 aliphatic heterocycles. The van der Waals surface area contributed by atoms with Crippen molar-refractivity contribution in [2.75, 3.05) is 18.4 Å². The van der Waals surface area contributed by atoms with Gasteiger partial charge < -0.3 is 5.32 Å². The van der Waals surface area contributed by atoms with E-state index in [-0.39, 0.29) is 35.6 Å². The van der Waals surface area contributed by atoms with Crippen molar-refractivity contribution in [1.29, 1.82) is 0 Å². The van der Waals surface area contributed by atoms with E-state index in [4.69, 9.17) is 0 Å². The van der Waals surface area contributed by atoms with Crippen LogP contribution in [0, 0.1) is 26.7 Å². The van der Waals surface area contributed by atoms with Crippen molar-refractivity contribution in [1.82, 2.24) is 14.1 Å². The Morgan fingerprint density at radius 1 is 0.971 bits per heavy atom. The highest BCUT2D eigenvalue weighted by molar-refractivity contribution is 7.89. The number of Topliss-reactive ketones (excluding diaryl/α,β-unsaturated/α-hetero) is 1. The summed E-state index contributed by atoms with van der Waals surface area (Å²) in [6.45, 7) is 7.79. The van der Waals surface area contributed by atoms with E-state index in [0.29, 0.717) is 24.2 Å². The number of anilines is 1. The summed E-state index contributed by atoms with van der Waals surface area (Å²) in [4.78, 5) is 24.8. The number of benzene rings is 2. The number of carbonyl (C=O) groups is 2. The largest absolute Gasteiger partial charge is 0.310 e. The number of aryl methyl sites for hydroxylation is 3. The molecule has 184 valence electrons. The van der Waals surface area contributed by atoms with Gasteiger partial charge in [0.25, 0.3) is 0 Å². The molecule has 1 saturated heterocycles. The van der Waals surface area contributed by atoms with Gasteiger partial charge in [0, 0.05) is 30.6 Å². The molecule has 0 unspecified atom stereocenters. The van der Waals surface area contributed by atoms with Gasteiger partial charge in [0.2, 0.25) is 15.9 Å². The SMILES string of the molecule is CC(=O)c1cccc(S(=O)(=O)N2CCC(C(=O)Nc3cc(C)nn3-c3cc(C)cc(C)c3)CC2)c1. The average Bonchev–Trinajstić information content (AvgIpc) is 3.18. The molecule has 2 aromatic carbocycles. The van der Waals surface area contributed by atoms with Crippen molar-refractivity contribution in [3.8, 4) is 5.69 Å². The van der Waals surface area contributed by atoms with Crippen LogP contribution in [0.1, 0.15) is 46.9 Å². The van der Waals surface area contributed by atoms with Gasteiger partial charge in [0.15, 0.2) is 5.78 Å². The zero-order chi connectivity index (χ0) is 25.3. The van der Waals surface area contributed by atoms with E-state index in [1.54, 1.807) is 16.8 Å². The van der Waals surface area contributed by atoms with Gasteiger partial charge >= 0.3 is 0 Å². The second kappa shape index (κ2) is 9.75. The monoisotopic (exact) mass is 494 g/mol. The summed E-state index contributed by atoms with van der Waals surface area (Å²) in [6, 6.07) is 14.0. The van der Waals surface area contributed by atoms with E-state index in [2.05, 4.69) is 16.5 Å². The predicted octanol–water partition coefficient (Wildman–Crippen LogP) is 4.04. The molecule has 1 fully saturated rings. The lowest BCUT2D eigenvalue weighted by atomic mass is 9.97. The maximum atomic E-state index is 13.1. The van der Waals surface area contributed by atoms with Crippen LogP contribution in [0.15, 0.2) is 53.4 Å². The minimum Gasteiger partial charge on any atom is -0.310 e. The van der Waals surface area contributed by atoms with Crippen LogP contribution in [-0.4, -0.2) is 47.3 Å². The second-order valence-corrected chi connectivity index (χ2v) is 11.1. The van der Waals surface area contributed by atoms with Crippen molar-refractivity contribution in [2.45, 2.75) is 45.4 Å². The zero-order valence-electron chi connectivity index (χ0n) is 20.4. The van der Waals surface area contributed by atoms with Crippen molar-refractivity contribution in [3.05, 3.63) is 70.9 Å². The maximum Gasteiger partial charge on any atom is 0.243 e. The van der Waals surface area contributed by atoms with Crippen LogP contribution < -0.4 is 5.32 Å². The Bertz CT molecular complexity index is 1370. The molecule has 1 amide bonds. The normalized spacial score (nSPS) is 15.2. The van der Waals surface area contributed by atoms with Gasteiger partial charge in [0.05, 0.1) is 16.3 Å². The molecular weight excluding hydrogens is 464 g/mol. The van der Waals surface area contributed by atoms with Crippen LogP contribution >= 0.6 is 0 Å². The molecule has 0 radical (unpaired) electrons. The molecule has 0 aliphatic carbocycles. The topological polar surface area (TPSA) is 101 Å². The minimum atomic E-state index is -3.74. The Morgan fingerprint density at radius 2 is 1.63 bits per heavy atom. The number of hydrogen-bond donors (Lipinski definition) is 1. The lowest BCUT2D eigenvalue weighted by Crippen LogP contribution is -2.41. The fraction of sp³-hybridized carbons (Fsp3) is 0.346. The smallest absolute Gasteiger partial charge is 0.243 e. The highest BCUT2D eigenvalue weighted by Gasteiger charge is 2.32. The molecule has 0 saturated carbocycles. The Hall–Kier alpha value is -3.30. The van der Waals surface area contributed by atoms with Crippen molar-refractivity contribution in [3.63, 3.8) is 0 Å². The Kier molecular flexibility index (Phi) is 6.91. The third-order valence-electron chi connectivity index (χ3n) is 6.24. The summed E-state index contributed by atoms with van der Waals surface area (Å²) in [5, 5.41) is 7.55. The molecule has 3 aromatic rings. The van der Waals surface area contributed by atoms with Crippen LogP contribution in [0.25, 0.3) is 5.69 Å². The molecule has 1 N–H and O–H groups in total. The Balaban J connectivity index is 1.45. The van der Waals surface area contributed by atoms with E-state index in [9.17, 15) is 18.0 Å². The zero-order valence-corrected chi connectivity index (χ0v) is 21.2. The average molecular weight is 495 g/mol. The summed E-state index contributed by atoms with van der Waals surface area (Å²) in [5.41, 5.74) is 4.23. The Labute approximate surface area is 206 Å². The van der Waals surface area contributed by atoms with Gasteiger partial charge in [-0.15, -0.1) is 0 Å². The van der Waals surface area contributed by atoms with Gasteiger partial charge in [0.1, 0.15) is 5.82 Å². The van der Waals surface area contributed by atoms with E-state index in [1.165, 1.54) is 23.4 Å². The van der Waals surface area contributed by atoms with Crippen LogP contribution in [0.2, 0.25) is 0 Å². The minimum absolute atomic E-state index is 0.0981. The number of piperidine rings is 1. The molecule has 9 heteroatoms. The number of nitrogens with one attached hydrogen (secondary N) is 1. The van der Waals surface area contributed by atoms with E-state index < -0.39 is 10.0 Å². The summed E-state index contributed by atoms with van der Waals surface area (Å²) in [7, 11) is -3.74. The highest BCUT2D eigenvalue weighted by Crippen LogP contribution is 2.26. The van der Waals surface area contributed by atoms with Crippen LogP contribution in [0.3, 0.4) is 0 Å². The highest BCUT2D eigenvalue weighted by atomic mass is 32.2. The lowest BCUT2D eigenvalue weighted by Gasteiger charge is -2.30. The van der Waals surface area contributed by atoms with E-state index in [0.717, 1.165) is 22.5 Å². The van der Waals surface area contributed by atoms with Crippen molar-refractivity contribution in [2.24, 2.45) is 5.92 Å². The number of hydrogen-bond acceptors (Lipinski definition) is 5. The molecule has 0 bridgehead atoms. The summed E-state index contributed by atoms with van der Waals surface area (Å²) in [5.74, 6) is -0.0552. The summed E-state index contributed by atoms with van der Waals surface area (Å²) in [6.07, 6.45) is 0.822. The molecular formula is C26H30N4O4S. The first-order chi connectivity index (χ1) is 16.5. The Morgan fingerprint density at radius 3 is 2.26 bits per heavy atom. The molecule has 4 rings (SSSR count). The number of ketones is 1. The predicted molar refractivity (Wildman–Crippen MR) is 134 cm³/mol. The molecule has 35 heavy (non-hydrogen) atoms. The van der Waals surface area contributed by atoms with Gasteiger partial charge in [-0.05, 0) is 75.9 Å². The van der Waals surface area contributed by atoms with Gasteiger partial charge in [-0.3, -0.25) is 9.59 Å². The maximum absolute atomic E-state index is 13.1. The van der Waals surface area contributed by atoms with Crippen LogP contribution in [0.4, 0.5) is 5.82 Å². The number of carbonyl (C=O) groups excluding carboxylic acids is 2. The third kappa shape index (κ3) is 5.36. The number of amides is 1. The van der Waals surface area contributed by atoms with Gasteiger partial charge in [-0.1, -0.05) is 18.2 Å².